The molecule has 0 saturated heterocycles. The molecular weight excluding hydrogens is 169 g/mol. The lowest BCUT2D eigenvalue weighted by atomic mass is 10.2. The average Bonchev–Trinajstić information content (AvgIpc) is 2.29. The molecule has 0 amide bonds. The Morgan fingerprint density at radius 2 is 2.08 bits per heavy atom. The molecule has 0 aliphatic carbocycles. The number of aryl methyl sites for hydroxylation is 1. The van der Waals surface area contributed by atoms with Gasteiger partial charge in [0.15, 0.2) is 0 Å². The second-order valence-electron chi connectivity index (χ2n) is 2.41. The third-order valence-corrected chi connectivity index (χ3v) is 1.61. The van der Waals surface area contributed by atoms with Gasteiger partial charge in [0, 0.05) is 7.05 Å². The predicted octanol–water partition coefficient (Wildman–Crippen LogP) is 1.80. The summed E-state index contributed by atoms with van der Waals surface area (Å²) in [5.41, 5.74) is -0.588. The van der Waals surface area contributed by atoms with Gasteiger partial charge in [0.2, 0.25) is 0 Å². The Kier molecular flexibility index (Phi) is 2.12. The second kappa shape index (κ2) is 2.80. The van der Waals surface area contributed by atoms with Crippen molar-refractivity contribution in [1.29, 1.82) is 0 Å². The minimum Gasteiger partial charge on any atom is -0.271 e. The number of halogens is 3. The van der Waals surface area contributed by atoms with Crippen LogP contribution in [0.3, 0.4) is 0 Å². The van der Waals surface area contributed by atoms with E-state index in [0.717, 1.165) is 0 Å². The zero-order valence-electron chi connectivity index (χ0n) is 6.74. The van der Waals surface area contributed by atoms with Gasteiger partial charge in [0.1, 0.15) is 11.8 Å². The van der Waals surface area contributed by atoms with Crippen molar-refractivity contribution in [2.75, 3.05) is 0 Å². The SMILES string of the molecule is CCc1c(C(F)(F)F)[c]nn1C. The second-order valence-corrected chi connectivity index (χ2v) is 2.41. The molecule has 0 saturated carbocycles. The zero-order valence-corrected chi connectivity index (χ0v) is 6.74. The number of hydrogen-bond acceptors (Lipinski definition) is 1. The van der Waals surface area contributed by atoms with Gasteiger partial charge in [-0.1, -0.05) is 6.92 Å². The lowest BCUT2D eigenvalue weighted by Crippen LogP contribution is -2.08. The van der Waals surface area contributed by atoms with Gasteiger partial charge in [-0.25, -0.2) is 0 Å². The van der Waals surface area contributed by atoms with E-state index in [1.165, 1.54) is 11.7 Å². The maximum atomic E-state index is 12.2. The first-order chi connectivity index (χ1) is 5.46. The summed E-state index contributed by atoms with van der Waals surface area (Å²) in [5.74, 6) is 0. The summed E-state index contributed by atoms with van der Waals surface area (Å²) in [6.45, 7) is 1.65. The minimum atomic E-state index is -4.33. The lowest BCUT2D eigenvalue weighted by Gasteiger charge is -2.05. The monoisotopic (exact) mass is 177 g/mol. The minimum absolute atomic E-state index is 0.169. The normalized spacial score (nSPS) is 12.1. The number of rotatable bonds is 1. The van der Waals surface area contributed by atoms with Crippen LogP contribution < -0.4 is 0 Å². The Morgan fingerprint density at radius 1 is 1.50 bits per heavy atom. The summed E-state index contributed by atoms with van der Waals surface area (Å²) in [6, 6.07) is 0. The number of hydrogen-bond donors (Lipinski definition) is 0. The van der Waals surface area contributed by atoms with Gasteiger partial charge in [-0.2, -0.15) is 18.3 Å². The van der Waals surface area contributed by atoms with Crippen LogP contribution in [0.4, 0.5) is 13.2 Å². The van der Waals surface area contributed by atoms with E-state index in [2.05, 4.69) is 5.10 Å². The van der Waals surface area contributed by atoms with Crippen LogP contribution in [-0.2, 0) is 19.6 Å². The molecule has 1 radical (unpaired) electrons. The molecule has 2 nitrogen and oxygen atoms in total. The van der Waals surface area contributed by atoms with Crippen molar-refractivity contribution in [3.63, 3.8) is 0 Å². The van der Waals surface area contributed by atoms with Crippen LogP contribution in [0, 0.1) is 6.20 Å². The number of alkyl halides is 3. The fourth-order valence-corrected chi connectivity index (χ4v) is 1.04. The first-order valence-electron chi connectivity index (χ1n) is 3.47. The summed E-state index contributed by atoms with van der Waals surface area (Å²) in [5, 5.41) is 3.43. The fraction of sp³-hybridized carbons (Fsp3) is 0.571. The highest BCUT2D eigenvalue weighted by Crippen LogP contribution is 2.31. The topological polar surface area (TPSA) is 17.8 Å². The molecule has 0 atom stereocenters. The van der Waals surface area contributed by atoms with Crippen LogP contribution in [0.25, 0.3) is 0 Å². The van der Waals surface area contributed by atoms with Crippen LogP contribution in [0.15, 0.2) is 0 Å². The summed E-state index contributed by atoms with van der Waals surface area (Å²) < 4.78 is 37.7. The third-order valence-electron chi connectivity index (χ3n) is 1.61. The molecule has 67 valence electrons. The van der Waals surface area contributed by atoms with Crippen LogP contribution >= 0.6 is 0 Å². The number of nitrogens with zero attached hydrogens (tertiary/aromatic N) is 2. The van der Waals surface area contributed by atoms with Gasteiger partial charge in [-0.3, -0.25) is 4.68 Å². The van der Waals surface area contributed by atoms with E-state index in [9.17, 15) is 13.2 Å². The van der Waals surface area contributed by atoms with E-state index < -0.39 is 11.7 Å². The van der Waals surface area contributed by atoms with E-state index in [0.29, 0.717) is 6.42 Å². The van der Waals surface area contributed by atoms with Gasteiger partial charge in [0.25, 0.3) is 0 Å². The quantitative estimate of drug-likeness (QED) is 0.639. The molecule has 0 aliphatic rings. The fourth-order valence-electron chi connectivity index (χ4n) is 1.04. The summed E-state index contributed by atoms with van der Waals surface area (Å²) >= 11 is 0. The molecule has 1 heterocycles. The molecule has 0 aliphatic heterocycles. The van der Waals surface area contributed by atoms with Gasteiger partial charge < -0.3 is 0 Å². The van der Waals surface area contributed by atoms with Crippen molar-refractivity contribution in [2.24, 2.45) is 7.05 Å². The Morgan fingerprint density at radius 3 is 2.42 bits per heavy atom. The molecule has 0 unspecified atom stereocenters. The van der Waals surface area contributed by atoms with Crippen molar-refractivity contribution in [3.8, 4) is 0 Å². The Labute approximate surface area is 68.0 Å². The molecule has 12 heavy (non-hydrogen) atoms. The van der Waals surface area contributed by atoms with Gasteiger partial charge in [0.05, 0.1) is 5.69 Å². The van der Waals surface area contributed by atoms with Gasteiger partial charge >= 0.3 is 6.18 Å². The molecular formula is C7H8F3N2. The summed E-state index contributed by atoms with van der Waals surface area (Å²) in [6.07, 6.45) is -2.07. The maximum Gasteiger partial charge on any atom is 0.420 e. The zero-order chi connectivity index (χ0) is 9.35. The van der Waals surface area contributed by atoms with Crippen LogP contribution in [0.5, 0.6) is 0 Å². The molecule has 1 aromatic heterocycles. The van der Waals surface area contributed by atoms with E-state index >= 15 is 0 Å². The van der Waals surface area contributed by atoms with Gasteiger partial charge in [-0.15, -0.1) is 0 Å². The highest BCUT2D eigenvalue weighted by Gasteiger charge is 2.35. The van der Waals surface area contributed by atoms with Crippen LogP contribution in [-0.4, -0.2) is 9.78 Å². The Bertz CT molecular complexity index is 275. The first kappa shape index (κ1) is 9.09. The molecule has 0 aromatic carbocycles. The lowest BCUT2D eigenvalue weighted by molar-refractivity contribution is -0.138. The molecule has 5 heteroatoms. The van der Waals surface area contributed by atoms with Crippen molar-refractivity contribution >= 4 is 0 Å². The first-order valence-corrected chi connectivity index (χ1v) is 3.47. The van der Waals surface area contributed by atoms with Crippen LogP contribution in [0.2, 0.25) is 0 Å². The maximum absolute atomic E-state index is 12.2. The van der Waals surface area contributed by atoms with Crippen molar-refractivity contribution < 1.29 is 13.2 Å². The standard InChI is InChI=1S/C7H8F3N2/c1-3-6-5(7(8,9)10)4-11-12(6)2/h3H2,1-2H3. The largest absolute Gasteiger partial charge is 0.420 e. The molecule has 0 bridgehead atoms. The smallest absolute Gasteiger partial charge is 0.271 e. The van der Waals surface area contributed by atoms with E-state index in [1.807, 2.05) is 6.20 Å². The number of aromatic nitrogens is 2. The molecule has 1 rings (SSSR count). The van der Waals surface area contributed by atoms with Crippen LogP contribution in [0.1, 0.15) is 18.2 Å². The average molecular weight is 177 g/mol. The van der Waals surface area contributed by atoms with E-state index in [1.54, 1.807) is 6.92 Å². The molecule has 0 spiro atoms. The Hall–Kier alpha value is -1.00. The van der Waals surface area contributed by atoms with Crippen molar-refractivity contribution in [3.05, 3.63) is 17.5 Å². The summed E-state index contributed by atoms with van der Waals surface area (Å²) in [7, 11) is 1.48. The van der Waals surface area contributed by atoms with Crippen molar-refractivity contribution in [2.45, 2.75) is 19.5 Å². The van der Waals surface area contributed by atoms with E-state index in [-0.39, 0.29) is 5.69 Å². The van der Waals surface area contributed by atoms with E-state index in [4.69, 9.17) is 0 Å². The highest BCUT2D eigenvalue weighted by atomic mass is 19.4. The predicted molar refractivity (Wildman–Crippen MR) is 36.4 cm³/mol. The molecule has 0 fully saturated rings. The third kappa shape index (κ3) is 1.44. The molecule has 1 aromatic rings. The van der Waals surface area contributed by atoms with Gasteiger partial charge in [-0.05, 0) is 6.42 Å². The summed E-state index contributed by atoms with van der Waals surface area (Å²) in [4.78, 5) is 0. The Balaban J connectivity index is 3.16. The highest BCUT2D eigenvalue weighted by molar-refractivity contribution is 5.19. The van der Waals surface area contributed by atoms with Crippen molar-refractivity contribution in [1.82, 2.24) is 9.78 Å². The molecule has 0 N–H and O–H groups in total.